The van der Waals surface area contributed by atoms with Gasteiger partial charge in [0.2, 0.25) is 0 Å². The van der Waals surface area contributed by atoms with E-state index >= 15 is 0 Å². The number of benzene rings is 1. The molecular weight excluding hydrogens is 443 g/mol. The zero-order chi connectivity index (χ0) is 23.5. The molecule has 0 spiro atoms. The number of carbonyl (C=O) groups excluding carboxylic acids is 1. The van der Waals surface area contributed by atoms with Gasteiger partial charge in [-0.2, -0.15) is 13.2 Å². The number of esters is 1. The van der Waals surface area contributed by atoms with E-state index in [9.17, 15) is 26.4 Å². The first-order valence-electron chi connectivity index (χ1n) is 11.5. The van der Waals surface area contributed by atoms with Crippen molar-refractivity contribution in [1.82, 2.24) is 4.72 Å². The number of alkyl halides is 3. The Balaban J connectivity index is 1.63. The number of sulfonamides is 1. The van der Waals surface area contributed by atoms with Crippen molar-refractivity contribution in [1.29, 1.82) is 0 Å². The number of hydrogen-bond donors (Lipinski definition) is 1. The van der Waals surface area contributed by atoms with Crippen LogP contribution in [0.15, 0.2) is 30.3 Å². The molecule has 0 amide bonds. The Morgan fingerprint density at radius 2 is 1.59 bits per heavy atom. The lowest BCUT2D eigenvalue weighted by atomic mass is 9.86. The number of unbranched alkanes of at least 4 members (excludes halogenated alkanes) is 5. The molecule has 1 atom stereocenters. The standard InChI is InChI=1S/C23H34F3NO4S/c24-23(25,26)32(29,30)27-17-11-4-2-1-3-8-16-21(20-14-9-10-15-20)22(28)31-18-19-12-6-5-7-13-19/h5-7,12-13,20-21,27H,1-4,8-11,14-18H2. The molecule has 0 radical (unpaired) electrons. The predicted octanol–water partition coefficient (Wildman–Crippen LogP) is 5.71. The minimum absolute atomic E-state index is 0.0713. The largest absolute Gasteiger partial charge is 0.511 e. The zero-order valence-corrected chi connectivity index (χ0v) is 19.2. The molecule has 9 heteroatoms. The molecule has 1 fully saturated rings. The fraction of sp³-hybridized carbons (Fsp3) is 0.696. The van der Waals surface area contributed by atoms with Crippen LogP contribution in [0, 0.1) is 11.8 Å². The fourth-order valence-corrected chi connectivity index (χ4v) is 4.80. The van der Waals surface area contributed by atoms with Crippen molar-refractivity contribution >= 4 is 16.0 Å². The Kier molecular flexibility index (Phi) is 11.0. The van der Waals surface area contributed by atoms with E-state index in [2.05, 4.69) is 0 Å². The van der Waals surface area contributed by atoms with Gasteiger partial charge in [0.1, 0.15) is 6.61 Å². The second-order valence-electron chi connectivity index (χ2n) is 8.50. The van der Waals surface area contributed by atoms with Crippen molar-refractivity contribution in [2.24, 2.45) is 11.8 Å². The van der Waals surface area contributed by atoms with Crippen LogP contribution in [-0.4, -0.2) is 26.4 Å². The Morgan fingerprint density at radius 3 is 2.22 bits per heavy atom. The average Bonchev–Trinajstić information content (AvgIpc) is 3.28. The molecule has 5 nitrogen and oxygen atoms in total. The number of rotatable bonds is 14. The summed E-state index contributed by atoms with van der Waals surface area (Å²) in [7, 11) is -5.24. The molecule has 32 heavy (non-hydrogen) atoms. The summed E-state index contributed by atoms with van der Waals surface area (Å²) in [4.78, 5) is 12.7. The van der Waals surface area contributed by atoms with Gasteiger partial charge >= 0.3 is 21.5 Å². The fourth-order valence-electron chi connectivity index (χ4n) is 4.23. The van der Waals surface area contributed by atoms with Gasteiger partial charge in [0.05, 0.1) is 5.92 Å². The minimum atomic E-state index is -5.26. The molecule has 1 saturated carbocycles. The highest BCUT2D eigenvalue weighted by Crippen LogP contribution is 2.35. The van der Waals surface area contributed by atoms with E-state index in [-0.39, 0.29) is 18.4 Å². The van der Waals surface area contributed by atoms with Crippen LogP contribution in [0.2, 0.25) is 0 Å². The van der Waals surface area contributed by atoms with Crippen molar-refractivity contribution < 1.29 is 31.1 Å². The molecule has 1 aromatic carbocycles. The van der Waals surface area contributed by atoms with E-state index in [1.165, 1.54) is 0 Å². The number of ether oxygens (including phenoxy) is 1. The maximum absolute atomic E-state index is 12.7. The first-order chi connectivity index (χ1) is 15.2. The van der Waals surface area contributed by atoms with Gasteiger partial charge in [0, 0.05) is 6.54 Å². The van der Waals surface area contributed by atoms with Crippen molar-refractivity contribution in [3.8, 4) is 0 Å². The first kappa shape index (κ1) is 26.6. The summed E-state index contributed by atoms with van der Waals surface area (Å²) < 4.78 is 65.7. The second kappa shape index (κ2) is 13.2. The number of nitrogens with one attached hydrogen (secondary N) is 1. The van der Waals surface area contributed by atoms with E-state index < -0.39 is 15.5 Å². The molecule has 2 rings (SSSR count). The van der Waals surface area contributed by atoms with Gasteiger partial charge < -0.3 is 4.74 Å². The molecule has 0 saturated heterocycles. The summed E-state index contributed by atoms with van der Waals surface area (Å²) in [6.07, 6.45) is 9.84. The molecule has 1 unspecified atom stereocenters. The molecule has 0 aliphatic heterocycles. The van der Waals surface area contributed by atoms with Crippen LogP contribution in [0.3, 0.4) is 0 Å². The highest BCUT2D eigenvalue weighted by molar-refractivity contribution is 7.90. The summed E-state index contributed by atoms with van der Waals surface area (Å²) >= 11 is 0. The SMILES string of the molecule is O=C(OCc1ccccc1)C(CCCCCCCCNS(=O)(=O)C(F)(F)F)C1CCCC1. The van der Waals surface area contributed by atoms with Crippen molar-refractivity contribution in [3.63, 3.8) is 0 Å². The number of hydrogen-bond acceptors (Lipinski definition) is 4. The lowest BCUT2D eigenvalue weighted by Gasteiger charge is -2.22. The van der Waals surface area contributed by atoms with Crippen LogP contribution in [0.4, 0.5) is 13.2 Å². The third kappa shape index (κ3) is 9.10. The molecule has 1 aliphatic rings. The van der Waals surface area contributed by atoms with Gasteiger partial charge in [-0.3, -0.25) is 4.79 Å². The van der Waals surface area contributed by atoms with Gasteiger partial charge in [-0.1, -0.05) is 75.3 Å². The van der Waals surface area contributed by atoms with Gasteiger partial charge in [0.15, 0.2) is 0 Å². The van der Waals surface area contributed by atoms with E-state index in [0.717, 1.165) is 63.4 Å². The topological polar surface area (TPSA) is 72.5 Å². The van der Waals surface area contributed by atoms with E-state index in [1.807, 2.05) is 30.3 Å². The summed E-state index contributed by atoms with van der Waals surface area (Å²) in [5.41, 5.74) is -4.28. The Labute approximate surface area is 189 Å². The zero-order valence-electron chi connectivity index (χ0n) is 18.4. The maximum Gasteiger partial charge on any atom is 0.511 e. The molecule has 182 valence electrons. The molecule has 1 aromatic rings. The second-order valence-corrected chi connectivity index (χ2v) is 10.3. The lowest BCUT2D eigenvalue weighted by Crippen LogP contribution is -2.36. The number of carbonyl (C=O) groups is 1. The predicted molar refractivity (Wildman–Crippen MR) is 117 cm³/mol. The molecule has 0 bridgehead atoms. The van der Waals surface area contributed by atoms with E-state index in [4.69, 9.17) is 4.74 Å². The van der Waals surface area contributed by atoms with Crippen LogP contribution in [0.5, 0.6) is 0 Å². The summed E-state index contributed by atoms with van der Waals surface area (Å²) in [5.74, 6) is 0.204. The summed E-state index contributed by atoms with van der Waals surface area (Å²) in [6, 6.07) is 9.64. The van der Waals surface area contributed by atoms with Crippen molar-refractivity contribution in [2.75, 3.05) is 6.54 Å². The highest BCUT2D eigenvalue weighted by atomic mass is 32.2. The Bertz CT molecular complexity index is 778. The van der Waals surface area contributed by atoms with Gasteiger partial charge in [-0.05, 0) is 37.2 Å². The highest BCUT2D eigenvalue weighted by Gasteiger charge is 2.45. The third-order valence-electron chi connectivity index (χ3n) is 6.03. The average molecular weight is 478 g/mol. The molecular formula is C23H34F3NO4S. The molecule has 1 N–H and O–H groups in total. The summed E-state index contributed by atoms with van der Waals surface area (Å²) in [6.45, 7) is 0.0832. The van der Waals surface area contributed by atoms with Crippen LogP contribution < -0.4 is 4.72 Å². The quantitative estimate of drug-likeness (QED) is 0.275. The van der Waals surface area contributed by atoms with Gasteiger partial charge in [0.25, 0.3) is 0 Å². The molecule has 0 heterocycles. The minimum Gasteiger partial charge on any atom is -0.461 e. The van der Waals surface area contributed by atoms with Crippen LogP contribution >= 0.6 is 0 Å². The maximum atomic E-state index is 12.7. The van der Waals surface area contributed by atoms with Crippen LogP contribution in [0.1, 0.15) is 76.2 Å². The smallest absolute Gasteiger partial charge is 0.461 e. The Hall–Kier alpha value is -1.61. The normalized spacial score (nSPS) is 16.2. The number of halogens is 3. The molecule has 0 aromatic heterocycles. The van der Waals surface area contributed by atoms with E-state index in [1.54, 1.807) is 4.72 Å². The lowest BCUT2D eigenvalue weighted by molar-refractivity contribution is -0.152. The van der Waals surface area contributed by atoms with E-state index in [0.29, 0.717) is 25.4 Å². The Morgan fingerprint density at radius 1 is 1.00 bits per heavy atom. The monoisotopic (exact) mass is 477 g/mol. The van der Waals surface area contributed by atoms with Crippen molar-refractivity contribution in [2.45, 2.75) is 82.7 Å². The van der Waals surface area contributed by atoms with Gasteiger partial charge in [-0.15, -0.1) is 0 Å². The van der Waals surface area contributed by atoms with Crippen molar-refractivity contribution in [3.05, 3.63) is 35.9 Å². The summed E-state index contributed by atoms with van der Waals surface area (Å²) in [5, 5.41) is 0. The third-order valence-corrected chi connectivity index (χ3v) is 7.23. The first-order valence-corrected chi connectivity index (χ1v) is 13.0. The van der Waals surface area contributed by atoms with Crippen LogP contribution in [0.25, 0.3) is 0 Å². The van der Waals surface area contributed by atoms with Crippen LogP contribution in [-0.2, 0) is 26.2 Å². The molecule has 1 aliphatic carbocycles. The van der Waals surface area contributed by atoms with Gasteiger partial charge in [-0.25, -0.2) is 13.1 Å².